The first-order valence-corrected chi connectivity index (χ1v) is 10.5. The van der Waals surface area contributed by atoms with E-state index in [-0.39, 0.29) is 11.9 Å². The minimum atomic E-state index is -0.130. The molecular formula is C20H26ClN3O2S. The lowest BCUT2D eigenvalue weighted by Gasteiger charge is -2.29. The molecule has 1 aromatic heterocycles. The van der Waals surface area contributed by atoms with Crippen LogP contribution in [0.2, 0.25) is 5.02 Å². The fourth-order valence-corrected chi connectivity index (χ4v) is 4.38. The highest BCUT2D eigenvalue weighted by atomic mass is 35.5. The van der Waals surface area contributed by atoms with Crippen molar-refractivity contribution >= 4 is 34.0 Å². The fourth-order valence-electron chi connectivity index (χ4n) is 3.36. The third-order valence-corrected chi connectivity index (χ3v) is 6.53. The van der Waals surface area contributed by atoms with Crippen molar-refractivity contribution in [1.29, 1.82) is 0 Å². The topological polar surface area (TPSA) is 63.2 Å². The number of ether oxygens (including phenoxy) is 1. The lowest BCUT2D eigenvalue weighted by atomic mass is 9.86. The van der Waals surface area contributed by atoms with E-state index in [1.165, 1.54) is 4.88 Å². The van der Waals surface area contributed by atoms with Crippen molar-refractivity contribution in [3.63, 3.8) is 0 Å². The molecule has 0 unspecified atom stereocenters. The Kier molecular flexibility index (Phi) is 6.60. The Hall–Kier alpha value is -1.79. The SMILES string of the molecule is COc1ccc(Cl)c(C(=O)NC2CCC(CNc3nc(C)c(C)s3)CC2)c1. The monoisotopic (exact) mass is 407 g/mol. The summed E-state index contributed by atoms with van der Waals surface area (Å²) in [6.45, 7) is 5.08. The molecule has 1 fully saturated rings. The predicted octanol–water partition coefficient (Wildman–Crippen LogP) is 4.82. The Bertz CT molecular complexity index is 781. The average molecular weight is 408 g/mol. The summed E-state index contributed by atoms with van der Waals surface area (Å²) in [6.07, 6.45) is 4.14. The highest BCUT2D eigenvalue weighted by Gasteiger charge is 2.24. The Morgan fingerprint density at radius 1 is 1.30 bits per heavy atom. The van der Waals surface area contributed by atoms with Crippen molar-refractivity contribution in [1.82, 2.24) is 10.3 Å². The second-order valence-electron chi connectivity index (χ2n) is 7.08. The number of hydrogen-bond donors (Lipinski definition) is 2. The van der Waals surface area contributed by atoms with E-state index in [9.17, 15) is 4.79 Å². The summed E-state index contributed by atoms with van der Waals surface area (Å²) in [5.74, 6) is 1.12. The molecule has 7 heteroatoms. The highest BCUT2D eigenvalue weighted by Crippen LogP contribution is 2.28. The minimum absolute atomic E-state index is 0.130. The second kappa shape index (κ2) is 8.93. The number of halogens is 1. The van der Waals surface area contributed by atoms with Gasteiger partial charge in [-0.05, 0) is 63.6 Å². The van der Waals surface area contributed by atoms with E-state index in [1.54, 1.807) is 36.6 Å². The van der Waals surface area contributed by atoms with E-state index < -0.39 is 0 Å². The molecule has 0 saturated heterocycles. The summed E-state index contributed by atoms with van der Waals surface area (Å²) in [4.78, 5) is 18.4. The molecule has 1 saturated carbocycles. The summed E-state index contributed by atoms with van der Waals surface area (Å²) in [5.41, 5.74) is 1.57. The number of aromatic nitrogens is 1. The number of hydrogen-bond acceptors (Lipinski definition) is 5. The van der Waals surface area contributed by atoms with Gasteiger partial charge in [-0.2, -0.15) is 0 Å². The van der Waals surface area contributed by atoms with Crippen LogP contribution in [0, 0.1) is 19.8 Å². The number of thiazole rings is 1. The Morgan fingerprint density at radius 2 is 2.04 bits per heavy atom. The van der Waals surface area contributed by atoms with Crippen LogP contribution < -0.4 is 15.4 Å². The smallest absolute Gasteiger partial charge is 0.253 e. The molecule has 0 atom stereocenters. The number of nitrogens with one attached hydrogen (secondary N) is 2. The molecule has 27 heavy (non-hydrogen) atoms. The number of aryl methyl sites for hydroxylation is 2. The molecule has 1 amide bonds. The van der Waals surface area contributed by atoms with Gasteiger partial charge in [-0.25, -0.2) is 4.98 Å². The molecular weight excluding hydrogens is 382 g/mol. The first-order chi connectivity index (χ1) is 13.0. The van der Waals surface area contributed by atoms with Crippen LogP contribution in [-0.4, -0.2) is 30.6 Å². The van der Waals surface area contributed by atoms with Crippen LogP contribution in [0.15, 0.2) is 18.2 Å². The number of benzene rings is 1. The quantitative estimate of drug-likeness (QED) is 0.720. The molecule has 3 rings (SSSR count). The molecule has 1 heterocycles. The van der Waals surface area contributed by atoms with Crippen LogP contribution in [-0.2, 0) is 0 Å². The Labute approximate surface area is 169 Å². The molecule has 1 aromatic carbocycles. The van der Waals surface area contributed by atoms with Gasteiger partial charge in [0.1, 0.15) is 5.75 Å². The summed E-state index contributed by atoms with van der Waals surface area (Å²) < 4.78 is 5.19. The van der Waals surface area contributed by atoms with Crippen molar-refractivity contribution in [2.75, 3.05) is 19.0 Å². The number of methoxy groups -OCH3 is 1. The fraction of sp³-hybridized carbons (Fsp3) is 0.500. The van der Waals surface area contributed by atoms with Crippen molar-refractivity contribution < 1.29 is 9.53 Å². The van der Waals surface area contributed by atoms with Crippen molar-refractivity contribution in [3.8, 4) is 5.75 Å². The maximum absolute atomic E-state index is 12.6. The summed E-state index contributed by atoms with van der Waals surface area (Å²) in [7, 11) is 1.58. The average Bonchev–Trinajstić information content (AvgIpc) is 2.99. The maximum Gasteiger partial charge on any atom is 0.253 e. The van der Waals surface area contributed by atoms with E-state index >= 15 is 0 Å². The maximum atomic E-state index is 12.6. The third kappa shape index (κ3) is 5.14. The van der Waals surface area contributed by atoms with Crippen LogP contribution in [0.5, 0.6) is 5.75 Å². The zero-order valence-electron chi connectivity index (χ0n) is 16.0. The third-order valence-electron chi connectivity index (χ3n) is 5.17. The molecule has 0 bridgehead atoms. The van der Waals surface area contributed by atoms with Gasteiger partial charge >= 0.3 is 0 Å². The number of carbonyl (C=O) groups is 1. The van der Waals surface area contributed by atoms with Gasteiger partial charge in [-0.3, -0.25) is 4.79 Å². The minimum Gasteiger partial charge on any atom is -0.497 e. The normalized spacial score (nSPS) is 19.6. The summed E-state index contributed by atoms with van der Waals surface area (Å²) >= 11 is 7.88. The van der Waals surface area contributed by atoms with Gasteiger partial charge in [0.2, 0.25) is 0 Å². The highest BCUT2D eigenvalue weighted by molar-refractivity contribution is 7.15. The van der Waals surface area contributed by atoms with Crippen molar-refractivity contribution in [2.45, 2.75) is 45.6 Å². The standard InChI is InChI=1S/C20H26ClN3O2S/c1-12-13(2)27-20(23-12)22-11-14-4-6-15(7-5-14)24-19(25)17-10-16(26-3)8-9-18(17)21/h8-10,14-15H,4-7,11H2,1-3H3,(H,22,23)(H,24,25). The lowest BCUT2D eigenvalue weighted by molar-refractivity contribution is 0.0922. The molecule has 1 aliphatic carbocycles. The molecule has 146 valence electrons. The molecule has 1 aliphatic rings. The zero-order valence-corrected chi connectivity index (χ0v) is 17.5. The summed E-state index contributed by atoms with van der Waals surface area (Å²) in [6, 6.07) is 5.33. The van der Waals surface area contributed by atoms with E-state index in [4.69, 9.17) is 16.3 Å². The number of rotatable bonds is 6. The Morgan fingerprint density at radius 3 is 2.67 bits per heavy atom. The lowest BCUT2D eigenvalue weighted by Crippen LogP contribution is -2.38. The number of carbonyl (C=O) groups excluding carboxylic acids is 1. The first kappa shape index (κ1) is 20.0. The van der Waals surface area contributed by atoms with Gasteiger partial charge in [0, 0.05) is 17.5 Å². The van der Waals surface area contributed by atoms with Crippen LogP contribution in [0.25, 0.3) is 0 Å². The second-order valence-corrected chi connectivity index (χ2v) is 8.69. The van der Waals surface area contributed by atoms with Gasteiger partial charge in [0.25, 0.3) is 5.91 Å². The van der Waals surface area contributed by atoms with Gasteiger partial charge < -0.3 is 15.4 Å². The van der Waals surface area contributed by atoms with Crippen LogP contribution in [0.1, 0.15) is 46.6 Å². The zero-order chi connectivity index (χ0) is 19.4. The number of amides is 1. The van der Waals surface area contributed by atoms with Gasteiger partial charge in [-0.15, -0.1) is 11.3 Å². The van der Waals surface area contributed by atoms with Crippen LogP contribution >= 0.6 is 22.9 Å². The molecule has 2 aromatic rings. The van der Waals surface area contributed by atoms with E-state index in [2.05, 4.69) is 22.5 Å². The number of anilines is 1. The molecule has 0 spiro atoms. The van der Waals surface area contributed by atoms with Crippen LogP contribution in [0.4, 0.5) is 5.13 Å². The van der Waals surface area contributed by atoms with Gasteiger partial charge in [0.15, 0.2) is 5.13 Å². The largest absolute Gasteiger partial charge is 0.497 e. The first-order valence-electron chi connectivity index (χ1n) is 9.28. The summed E-state index contributed by atoms with van der Waals surface area (Å²) in [5, 5.41) is 8.04. The van der Waals surface area contributed by atoms with Crippen LogP contribution in [0.3, 0.4) is 0 Å². The number of nitrogens with zero attached hydrogens (tertiary/aromatic N) is 1. The molecule has 0 aliphatic heterocycles. The molecule has 2 N–H and O–H groups in total. The molecule has 5 nitrogen and oxygen atoms in total. The Balaban J connectivity index is 1.47. The predicted molar refractivity (Wildman–Crippen MR) is 111 cm³/mol. The van der Waals surface area contributed by atoms with Gasteiger partial charge in [0.05, 0.1) is 23.4 Å². The van der Waals surface area contributed by atoms with E-state index in [0.717, 1.165) is 43.1 Å². The van der Waals surface area contributed by atoms with E-state index in [0.29, 0.717) is 22.3 Å². The van der Waals surface area contributed by atoms with Gasteiger partial charge in [-0.1, -0.05) is 11.6 Å². The molecule has 0 radical (unpaired) electrons. The van der Waals surface area contributed by atoms with Crippen molar-refractivity contribution in [2.24, 2.45) is 5.92 Å². The van der Waals surface area contributed by atoms with Crippen molar-refractivity contribution in [3.05, 3.63) is 39.4 Å². The van der Waals surface area contributed by atoms with E-state index in [1.807, 2.05) is 6.92 Å².